The first-order chi connectivity index (χ1) is 10.6. The second-order valence-electron chi connectivity index (χ2n) is 5.16. The summed E-state index contributed by atoms with van der Waals surface area (Å²) < 4.78 is 0. The van der Waals surface area contributed by atoms with Crippen LogP contribution in [-0.2, 0) is 20.9 Å². The van der Waals surface area contributed by atoms with Crippen LogP contribution in [-0.4, -0.2) is 34.9 Å². The molecule has 6 heteroatoms. The minimum atomic E-state index is -0.623. The van der Waals surface area contributed by atoms with Crippen molar-refractivity contribution in [3.63, 3.8) is 0 Å². The van der Waals surface area contributed by atoms with Gasteiger partial charge in [-0.05, 0) is 30.0 Å². The molecular formula is C16H12N2O4. The zero-order chi connectivity index (χ0) is 15.7. The molecule has 1 N–H and O–H groups in total. The summed E-state index contributed by atoms with van der Waals surface area (Å²) in [5, 5.41) is 2.26. The number of nitrogens with one attached hydrogen (secondary N) is 1. The molecule has 0 radical (unpaired) electrons. The maximum absolute atomic E-state index is 12.5. The number of hydrogen-bond donors (Lipinski definition) is 1. The van der Waals surface area contributed by atoms with Crippen LogP contribution in [0.4, 0.5) is 0 Å². The second kappa shape index (κ2) is 5.45. The molecular weight excluding hydrogens is 284 g/mol. The van der Waals surface area contributed by atoms with Crippen LogP contribution in [0.3, 0.4) is 0 Å². The van der Waals surface area contributed by atoms with Gasteiger partial charge in [-0.25, -0.2) is 0 Å². The summed E-state index contributed by atoms with van der Waals surface area (Å²) in [6.45, 7) is 0.335. The topological polar surface area (TPSA) is 83.6 Å². The predicted octanol–water partition coefficient (Wildman–Crippen LogP) is -0.00200. The number of carbonyl (C=O) groups is 4. The molecule has 1 fully saturated rings. The molecule has 0 spiro atoms. The Hall–Kier alpha value is -2.94. The van der Waals surface area contributed by atoms with Gasteiger partial charge < -0.3 is 4.90 Å². The van der Waals surface area contributed by atoms with Crippen LogP contribution < -0.4 is 5.32 Å². The van der Waals surface area contributed by atoms with Gasteiger partial charge in [0.05, 0.1) is 0 Å². The minimum absolute atomic E-state index is 0.229. The quantitative estimate of drug-likeness (QED) is 0.449. The first-order valence-electron chi connectivity index (χ1n) is 6.83. The summed E-state index contributed by atoms with van der Waals surface area (Å²) in [6.07, 6.45) is 1.06. The first kappa shape index (κ1) is 14.0. The average Bonchev–Trinajstić information content (AvgIpc) is 2.82. The van der Waals surface area contributed by atoms with Crippen molar-refractivity contribution in [3.8, 4) is 11.8 Å². The van der Waals surface area contributed by atoms with E-state index in [0.717, 1.165) is 5.56 Å². The van der Waals surface area contributed by atoms with E-state index < -0.39 is 11.9 Å². The number of imide groups is 1. The predicted molar refractivity (Wildman–Crippen MR) is 75.4 cm³/mol. The molecule has 2 heterocycles. The summed E-state index contributed by atoms with van der Waals surface area (Å²) in [5.41, 5.74) is 1.87. The van der Waals surface area contributed by atoms with Crippen LogP contribution in [0.25, 0.3) is 0 Å². The van der Waals surface area contributed by atoms with Gasteiger partial charge in [-0.2, -0.15) is 0 Å². The number of fused-ring (bicyclic) bond motifs is 1. The number of benzene rings is 1. The van der Waals surface area contributed by atoms with Crippen LogP contribution >= 0.6 is 0 Å². The van der Waals surface area contributed by atoms with Crippen LogP contribution in [0.5, 0.6) is 0 Å². The SMILES string of the molecule is O=CC#Cc1ccc2c(c1)C(=O)N(C1CCC(=O)NC1=O)C2. The van der Waals surface area contributed by atoms with Gasteiger partial charge in [-0.3, -0.25) is 24.5 Å². The molecule has 1 aromatic carbocycles. The molecule has 3 amide bonds. The molecule has 1 saturated heterocycles. The zero-order valence-corrected chi connectivity index (χ0v) is 11.6. The smallest absolute Gasteiger partial charge is 0.255 e. The third kappa shape index (κ3) is 2.37. The Kier molecular flexibility index (Phi) is 3.47. The molecule has 22 heavy (non-hydrogen) atoms. The van der Waals surface area contributed by atoms with E-state index in [9.17, 15) is 19.2 Å². The third-order valence-electron chi connectivity index (χ3n) is 3.80. The highest BCUT2D eigenvalue weighted by atomic mass is 16.2. The molecule has 6 nitrogen and oxygen atoms in total. The molecule has 2 aliphatic heterocycles. The first-order valence-corrected chi connectivity index (χ1v) is 6.83. The summed E-state index contributed by atoms with van der Waals surface area (Å²) in [7, 11) is 0. The standard InChI is InChI=1S/C16H12N2O4/c19-7-1-2-10-3-4-11-9-18(16(22)12(11)8-10)13-5-6-14(20)17-15(13)21/h3-4,7-8,13H,5-6,9H2,(H,17,20,21). The lowest BCUT2D eigenvalue weighted by Crippen LogP contribution is -2.52. The zero-order valence-electron chi connectivity index (χ0n) is 11.6. The summed E-state index contributed by atoms with van der Waals surface area (Å²) >= 11 is 0. The lowest BCUT2D eigenvalue weighted by Gasteiger charge is -2.29. The Morgan fingerprint density at radius 3 is 2.82 bits per heavy atom. The van der Waals surface area contributed by atoms with Crippen molar-refractivity contribution in [1.82, 2.24) is 10.2 Å². The third-order valence-corrected chi connectivity index (χ3v) is 3.80. The number of carbonyl (C=O) groups excluding carboxylic acids is 4. The molecule has 3 rings (SSSR count). The number of rotatable bonds is 1. The normalized spacial score (nSPS) is 20.1. The molecule has 2 aliphatic rings. The van der Waals surface area contributed by atoms with Crippen molar-refractivity contribution in [2.45, 2.75) is 25.4 Å². The molecule has 110 valence electrons. The van der Waals surface area contributed by atoms with Crippen molar-refractivity contribution < 1.29 is 19.2 Å². The highest BCUT2D eigenvalue weighted by Crippen LogP contribution is 2.27. The van der Waals surface area contributed by atoms with Gasteiger partial charge in [0, 0.05) is 24.1 Å². The van der Waals surface area contributed by atoms with E-state index >= 15 is 0 Å². The molecule has 0 aliphatic carbocycles. The van der Waals surface area contributed by atoms with Crippen molar-refractivity contribution in [1.29, 1.82) is 0 Å². The summed E-state index contributed by atoms with van der Waals surface area (Å²) in [4.78, 5) is 47.4. The maximum atomic E-state index is 12.5. The highest BCUT2D eigenvalue weighted by molar-refractivity contribution is 6.05. The van der Waals surface area contributed by atoms with Gasteiger partial charge in [0.25, 0.3) is 5.91 Å². The van der Waals surface area contributed by atoms with E-state index in [1.807, 2.05) is 0 Å². The van der Waals surface area contributed by atoms with E-state index in [0.29, 0.717) is 30.4 Å². The number of hydrogen-bond acceptors (Lipinski definition) is 4. The molecule has 1 aromatic rings. The largest absolute Gasteiger partial charge is 0.322 e. The van der Waals surface area contributed by atoms with Crippen LogP contribution in [0.15, 0.2) is 18.2 Å². The lowest BCUT2D eigenvalue weighted by atomic mass is 10.0. The fraction of sp³-hybridized carbons (Fsp3) is 0.250. The number of piperidine rings is 1. The molecule has 0 bridgehead atoms. The van der Waals surface area contributed by atoms with Crippen LogP contribution in [0.2, 0.25) is 0 Å². The van der Waals surface area contributed by atoms with Crippen molar-refractivity contribution >= 4 is 24.0 Å². The van der Waals surface area contributed by atoms with Crippen molar-refractivity contribution in [2.24, 2.45) is 0 Å². The van der Waals surface area contributed by atoms with Crippen LogP contribution in [0, 0.1) is 11.8 Å². The fourth-order valence-electron chi connectivity index (χ4n) is 2.75. The van der Waals surface area contributed by atoms with Gasteiger partial charge in [0.1, 0.15) is 6.04 Å². The summed E-state index contributed by atoms with van der Waals surface area (Å²) in [5.74, 6) is 3.95. The van der Waals surface area contributed by atoms with Gasteiger partial charge in [0.2, 0.25) is 11.8 Å². The Morgan fingerprint density at radius 1 is 1.27 bits per heavy atom. The molecule has 1 unspecified atom stereocenters. The van der Waals surface area contributed by atoms with Gasteiger partial charge in [-0.15, -0.1) is 0 Å². The van der Waals surface area contributed by atoms with Gasteiger partial charge in [-0.1, -0.05) is 12.0 Å². The molecule has 0 aromatic heterocycles. The van der Waals surface area contributed by atoms with Crippen molar-refractivity contribution in [2.75, 3.05) is 0 Å². The Balaban J connectivity index is 1.86. The van der Waals surface area contributed by atoms with E-state index in [4.69, 9.17) is 0 Å². The Labute approximate surface area is 126 Å². The molecule has 1 atom stereocenters. The Bertz CT molecular complexity index is 757. The second-order valence-corrected chi connectivity index (χ2v) is 5.16. The number of amides is 3. The summed E-state index contributed by atoms with van der Waals surface area (Å²) in [6, 6.07) is 4.51. The number of nitrogens with zero attached hydrogens (tertiary/aromatic N) is 1. The lowest BCUT2D eigenvalue weighted by molar-refractivity contribution is -0.136. The highest BCUT2D eigenvalue weighted by Gasteiger charge is 2.38. The fourth-order valence-corrected chi connectivity index (χ4v) is 2.75. The van der Waals surface area contributed by atoms with Gasteiger partial charge >= 0.3 is 0 Å². The van der Waals surface area contributed by atoms with Crippen LogP contribution in [0.1, 0.15) is 34.3 Å². The monoisotopic (exact) mass is 296 g/mol. The minimum Gasteiger partial charge on any atom is -0.322 e. The number of aldehydes is 1. The van der Waals surface area contributed by atoms with Gasteiger partial charge in [0.15, 0.2) is 6.29 Å². The van der Waals surface area contributed by atoms with E-state index in [2.05, 4.69) is 17.2 Å². The van der Waals surface area contributed by atoms with E-state index in [1.54, 1.807) is 18.2 Å². The maximum Gasteiger partial charge on any atom is 0.255 e. The Morgan fingerprint density at radius 2 is 2.09 bits per heavy atom. The van der Waals surface area contributed by atoms with E-state index in [-0.39, 0.29) is 18.2 Å². The van der Waals surface area contributed by atoms with E-state index in [1.165, 1.54) is 4.90 Å². The van der Waals surface area contributed by atoms with Crippen molar-refractivity contribution in [3.05, 3.63) is 34.9 Å². The average molecular weight is 296 g/mol. The molecule has 0 saturated carbocycles.